The fraction of sp³-hybridized carbons (Fsp3) is 0.211. The van der Waals surface area contributed by atoms with Crippen molar-refractivity contribution in [3.05, 3.63) is 67.3 Å². The van der Waals surface area contributed by atoms with E-state index < -0.39 is 0 Å². The number of benzene rings is 1. The lowest BCUT2D eigenvalue weighted by atomic mass is 10.1. The molecule has 0 aliphatic carbocycles. The van der Waals surface area contributed by atoms with Gasteiger partial charge >= 0.3 is 0 Å². The molecule has 2 amide bonds. The summed E-state index contributed by atoms with van der Waals surface area (Å²) in [4.78, 5) is 30.2. The smallest absolute Gasteiger partial charge is 0.267 e. The van der Waals surface area contributed by atoms with Crippen LogP contribution in [-0.2, 0) is 17.8 Å². The lowest BCUT2D eigenvalue weighted by molar-refractivity contribution is -0.119. The van der Waals surface area contributed by atoms with E-state index >= 15 is 0 Å². The fourth-order valence-electron chi connectivity index (χ4n) is 2.44. The first-order chi connectivity index (χ1) is 12.9. The molecule has 0 aliphatic rings. The number of amides is 2. The molecule has 0 radical (unpaired) electrons. The van der Waals surface area contributed by atoms with Crippen molar-refractivity contribution in [2.75, 3.05) is 5.32 Å². The lowest BCUT2D eigenvalue weighted by Crippen LogP contribution is -2.18. The molecule has 0 saturated carbocycles. The number of anilines is 1. The van der Waals surface area contributed by atoms with Gasteiger partial charge in [0.2, 0.25) is 5.91 Å². The van der Waals surface area contributed by atoms with Crippen molar-refractivity contribution < 1.29 is 9.59 Å². The molecular formula is C19H18ClN3O2S2. The first-order valence-corrected chi connectivity index (χ1v) is 10.3. The van der Waals surface area contributed by atoms with E-state index in [4.69, 9.17) is 11.6 Å². The minimum atomic E-state index is -0.205. The number of hydrogen-bond acceptors (Lipinski definition) is 5. The number of rotatable bonds is 6. The topological polar surface area (TPSA) is 71.1 Å². The van der Waals surface area contributed by atoms with Gasteiger partial charge in [0.1, 0.15) is 0 Å². The average Bonchev–Trinajstić information content (AvgIpc) is 3.27. The highest BCUT2D eigenvalue weighted by atomic mass is 35.5. The third kappa shape index (κ3) is 5.15. The SMILES string of the molecule is CC(=O)NCc1ccc(C(=O)Nc2ncc(Cc3cccc(C)c3Cl)s2)s1. The van der Waals surface area contributed by atoms with E-state index in [9.17, 15) is 9.59 Å². The monoisotopic (exact) mass is 419 g/mol. The van der Waals surface area contributed by atoms with Crippen molar-refractivity contribution in [3.63, 3.8) is 0 Å². The molecule has 0 aliphatic heterocycles. The molecule has 3 aromatic rings. The molecule has 2 N–H and O–H groups in total. The summed E-state index contributed by atoms with van der Waals surface area (Å²) in [6.07, 6.45) is 2.43. The highest BCUT2D eigenvalue weighted by Crippen LogP contribution is 2.27. The number of thiazole rings is 1. The quantitative estimate of drug-likeness (QED) is 0.611. The fourth-order valence-corrected chi connectivity index (χ4v) is 4.31. The Bertz CT molecular complexity index is 981. The van der Waals surface area contributed by atoms with Crippen molar-refractivity contribution in [3.8, 4) is 0 Å². The zero-order valence-corrected chi connectivity index (χ0v) is 17.2. The number of hydrogen-bond donors (Lipinski definition) is 2. The number of carbonyl (C=O) groups is 2. The molecule has 5 nitrogen and oxygen atoms in total. The minimum Gasteiger partial charge on any atom is -0.351 e. The van der Waals surface area contributed by atoms with E-state index in [1.807, 2.05) is 31.2 Å². The third-order valence-electron chi connectivity index (χ3n) is 3.81. The van der Waals surface area contributed by atoms with Crippen LogP contribution in [-0.4, -0.2) is 16.8 Å². The summed E-state index contributed by atoms with van der Waals surface area (Å²) in [5, 5.41) is 6.86. The van der Waals surface area contributed by atoms with Crippen LogP contribution in [0.4, 0.5) is 5.13 Å². The molecule has 0 bridgehead atoms. The molecular weight excluding hydrogens is 402 g/mol. The molecule has 2 heterocycles. The second-order valence-electron chi connectivity index (χ2n) is 5.99. The van der Waals surface area contributed by atoms with Crippen LogP contribution < -0.4 is 10.6 Å². The van der Waals surface area contributed by atoms with E-state index in [1.165, 1.54) is 29.6 Å². The molecule has 0 spiro atoms. The Morgan fingerprint density at radius 3 is 2.74 bits per heavy atom. The van der Waals surface area contributed by atoms with Gasteiger partial charge in [-0.25, -0.2) is 4.98 Å². The van der Waals surface area contributed by atoms with Crippen LogP contribution in [0.1, 0.15) is 37.5 Å². The third-order valence-corrected chi connectivity index (χ3v) is 6.35. The second kappa shape index (κ2) is 8.65. The molecule has 27 heavy (non-hydrogen) atoms. The van der Waals surface area contributed by atoms with Gasteiger partial charge in [0.25, 0.3) is 5.91 Å². The Morgan fingerprint density at radius 1 is 1.15 bits per heavy atom. The lowest BCUT2D eigenvalue weighted by Gasteiger charge is -2.04. The van der Waals surface area contributed by atoms with Gasteiger partial charge in [0.05, 0.1) is 11.4 Å². The molecule has 0 saturated heterocycles. The first-order valence-electron chi connectivity index (χ1n) is 8.25. The van der Waals surface area contributed by atoms with Crippen molar-refractivity contribution in [1.29, 1.82) is 0 Å². The Morgan fingerprint density at radius 2 is 1.96 bits per heavy atom. The summed E-state index contributed by atoms with van der Waals surface area (Å²) in [5.41, 5.74) is 2.08. The standard InChI is InChI=1S/C19H18ClN3O2S2/c1-11-4-3-5-13(17(11)20)8-15-10-22-19(27-15)23-18(25)16-7-6-14(26-16)9-21-12(2)24/h3-7,10H,8-9H2,1-2H3,(H,21,24)(H,22,23,25). The van der Waals surface area contributed by atoms with Crippen LogP contribution in [0.5, 0.6) is 0 Å². The van der Waals surface area contributed by atoms with Crippen LogP contribution in [0.25, 0.3) is 0 Å². The van der Waals surface area contributed by atoms with Gasteiger partial charge in [-0.1, -0.05) is 29.8 Å². The molecule has 140 valence electrons. The zero-order chi connectivity index (χ0) is 19.4. The maximum Gasteiger partial charge on any atom is 0.267 e. The molecule has 0 unspecified atom stereocenters. The summed E-state index contributed by atoms with van der Waals surface area (Å²) in [6, 6.07) is 9.54. The van der Waals surface area contributed by atoms with Gasteiger partial charge in [-0.05, 0) is 30.2 Å². The van der Waals surface area contributed by atoms with E-state index in [1.54, 1.807) is 12.3 Å². The summed E-state index contributed by atoms with van der Waals surface area (Å²) >= 11 is 9.13. The van der Waals surface area contributed by atoms with Gasteiger partial charge < -0.3 is 5.32 Å². The highest BCUT2D eigenvalue weighted by molar-refractivity contribution is 7.16. The van der Waals surface area contributed by atoms with Crippen molar-refractivity contribution >= 4 is 51.2 Å². The van der Waals surface area contributed by atoms with E-state index in [2.05, 4.69) is 15.6 Å². The number of aromatic nitrogens is 1. The molecule has 3 rings (SSSR count). The average molecular weight is 420 g/mol. The number of nitrogens with zero attached hydrogens (tertiary/aromatic N) is 1. The van der Waals surface area contributed by atoms with E-state index in [0.29, 0.717) is 23.0 Å². The van der Waals surface area contributed by atoms with E-state index in [-0.39, 0.29) is 11.8 Å². The minimum absolute atomic E-state index is 0.0987. The molecule has 8 heteroatoms. The Labute approximate surface area is 170 Å². The predicted molar refractivity (Wildman–Crippen MR) is 111 cm³/mol. The second-order valence-corrected chi connectivity index (χ2v) is 8.65. The maximum atomic E-state index is 12.4. The Kier molecular flexibility index (Phi) is 6.26. The van der Waals surface area contributed by atoms with Crippen molar-refractivity contribution in [2.45, 2.75) is 26.8 Å². The summed E-state index contributed by atoms with van der Waals surface area (Å²) in [6.45, 7) is 3.86. The van der Waals surface area contributed by atoms with Crippen LogP contribution in [0.15, 0.2) is 36.5 Å². The number of aryl methyl sites for hydroxylation is 1. The van der Waals surface area contributed by atoms with Crippen molar-refractivity contribution in [2.24, 2.45) is 0 Å². The number of nitrogens with one attached hydrogen (secondary N) is 2. The van der Waals surface area contributed by atoms with Gasteiger partial charge in [-0.2, -0.15) is 0 Å². The zero-order valence-electron chi connectivity index (χ0n) is 14.8. The largest absolute Gasteiger partial charge is 0.351 e. The molecule has 2 aromatic heterocycles. The molecule has 0 atom stereocenters. The van der Waals surface area contributed by atoms with Crippen LogP contribution >= 0.6 is 34.3 Å². The number of halogens is 1. The van der Waals surface area contributed by atoms with Gasteiger partial charge in [-0.3, -0.25) is 14.9 Å². The normalized spacial score (nSPS) is 10.6. The first kappa shape index (κ1) is 19.5. The maximum absolute atomic E-state index is 12.4. The molecule has 0 fully saturated rings. The Balaban J connectivity index is 1.62. The van der Waals surface area contributed by atoms with E-state index in [0.717, 1.165) is 25.9 Å². The summed E-state index contributed by atoms with van der Waals surface area (Å²) in [5.74, 6) is -0.304. The van der Waals surface area contributed by atoms with Crippen LogP contribution in [0.3, 0.4) is 0 Å². The highest BCUT2D eigenvalue weighted by Gasteiger charge is 2.13. The van der Waals surface area contributed by atoms with Crippen LogP contribution in [0, 0.1) is 6.92 Å². The van der Waals surface area contributed by atoms with Gasteiger partial charge in [-0.15, -0.1) is 22.7 Å². The van der Waals surface area contributed by atoms with Gasteiger partial charge in [0.15, 0.2) is 5.13 Å². The Hall–Kier alpha value is -2.22. The number of carbonyl (C=O) groups excluding carboxylic acids is 2. The predicted octanol–water partition coefficient (Wildman–Crippen LogP) is 4.65. The summed E-state index contributed by atoms with van der Waals surface area (Å²) in [7, 11) is 0. The van der Waals surface area contributed by atoms with Gasteiger partial charge in [0, 0.05) is 34.3 Å². The number of thiophene rings is 1. The van der Waals surface area contributed by atoms with Crippen LogP contribution in [0.2, 0.25) is 5.02 Å². The molecule has 1 aromatic carbocycles. The van der Waals surface area contributed by atoms with Crippen molar-refractivity contribution in [1.82, 2.24) is 10.3 Å². The summed E-state index contributed by atoms with van der Waals surface area (Å²) < 4.78 is 0.